The Hall–Kier alpha value is -2.88. The van der Waals surface area contributed by atoms with Crippen LogP contribution in [0.5, 0.6) is 0 Å². The molecule has 0 spiro atoms. The van der Waals surface area contributed by atoms with E-state index in [1.807, 2.05) is 6.07 Å². The van der Waals surface area contributed by atoms with Crippen molar-refractivity contribution in [3.8, 4) is 26.7 Å². The molecular weight excluding hydrogens is 454 g/mol. The van der Waals surface area contributed by atoms with Gasteiger partial charge >= 0.3 is 0 Å². The number of nitrogens with zero attached hydrogens (tertiary/aromatic N) is 2. The predicted octanol–water partition coefficient (Wildman–Crippen LogP) is 5.18. The molecule has 0 aliphatic heterocycles. The van der Waals surface area contributed by atoms with E-state index in [4.69, 9.17) is 0 Å². The van der Waals surface area contributed by atoms with Crippen LogP contribution >= 0.6 is 11.3 Å². The van der Waals surface area contributed by atoms with Crippen molar-refractivity contribution in [1.82, 2.24) is 9.78 Å². The highest BCUT2D eigenvalue weighted by atomic mass is 32.2. The van der Waals surface area contributed by atoms with Crippen LogP contribution in [0.2, 0.25) is 0 Å². The third-order valence-electron chi connectivity index (χ3n) is 4.90. The van der Waals surface area contributed by atoms with Crippen LogP contribution < -0.4 is 0 Å². The van der Waals surface area contributed by atoms with E-state index in [9.17, 15) is 22.3 Å². The lowest BCUT2D eigenvalue weighted by atomic mass is 10.1. The number of hydrogen-bond donors (Lipinski definition) is 1. The lowest BCUT2D eigenvalue weighted by Crippen LogP contribution is -2.16. The highest BCUT2D eigenvalue weighted by Gasteiger charge is 2.25. The second-order valence-electron chi connectivity index (χ2n) is 7.92. The topological polar surface area (TPSA) is 72.2 Å². The maximum Gasteiger partial charge on any atom is 0.184 e. The van der Waals surface area contributed by atoms with Crippen LogP contribution in [0.1, 0.15) is 19.5 Å². The van der Waals surface area contributed by atoms with E-state index in [2.05, 4.69) is 5.10 Å². The molecule has 0 unspecified atom stereocenters. The van der Waals surface area contributed by atoms with Crippen LogP contribution in [-0.4, -0.2) is 29.6 Å². The van der Waals surface area contributed by atoms with Crippen molar-refractivity contribution in [1.29, 1.82) is 0 Å². The van der Waals surface area contributed by atoms with Gasteiger partial charge in [-0.3, -0.25) is 0 Å². The SMILES string of the molecule is CC(C)(O)c1cc(-c2ccc(-c3cccc(S(C)(=O)=O)c3)s2)n(-c2cccc(F)c2F)n1. The monoisotopic (exact) mass is 474 g/mol. The van der Waals surface area contributed by atoms with Crippen molar-refractivity contribution >= 4 is 21.2 Å². The summed E-state index contributed by atoms with van der Waals surface area (Å²) in [5, 5.41) is 14.8. The number of hydrogen-bond acceptors (Lipinski definition) is 5. The highest BCUT2D eigenvalue weighted by Crippen LogP contribution is 2.38. The van der Waals surface area contributed by atoms with Gasteiger partial charge in [-0.25, -0.2) is 21.9 Å². The summed E-state index contributed by atoms with van der Waals surface area (Å²) in [6, 6.07) is 15.7. The summed E-state index contributed by atoms with van der Waals surface area (Å²) in [6.07, 6.45) is 1.15. The number of aliphatic hydroxyl groups is 1. The van der Waals surface area contributed by atoms with E-state index in [1.165, 1.54) is 34.2 Å². The van der Waals surface area contributed by atoms with Crippen LogP contribution in [0.15, 0.2) is 65.6 Å². The minimum atomic E-state index is -3.36. The molecule has 2 aromatic heterocycles. The van der Waals surface area contributed by atoms with Crippen LogP contribution in [-0.2, 0) is 15.4 Å². The summed E-state index contributed by atoms with van der Waals surface area (Å²) in [4.78, 5) is 1.69. The first-order valence-electron chi connectivity index (χ1n) is 9.63. The van der Waals surface area contributed by atoms with E-state index in [0.29, 0.717) is 16.3 Å². The molecule has 1 N–H and O–H groups in total. The summed E-state index contributed by atoms with van der Waals surface area (Å²) in [5.74, 6) is -2.05. The van der Waals surface area contributed by atoms with Gasteiger partial charge in [0.2, 0.25) is 0 Å². The smallest absolute Gasteiger partial charge is 0.184 e. The van der Waals surface area contributed by atoms with Gasteiger partial charge in [0.15, 0.2) is 21.5 Å². The largest absolute Gasteiger partial charge is 0.384 e. The molecule has 166 valence electrons. The fraction of sp³-hybridized carbons (Fsp3) is 0.174. The first kappa shape index (κ1) is 22.3. The zero-order valence-electron chi connectivity index (χ0n) is 17.5. The Morgan fingerprint density at radius 1 is 1.00 bits per heavy atom. The zero-order valence-corrected chi connectivity index (χ0v) is 19.1. The Kier molecular flexibility index (Phi) is 5.52. The summed E-state index contributed by atoms with van der Waals surface area (Å²) >= 11 is 1.35. The molecule has 5 nitrogen and oxygen atoms in total. The molecule has 0 atom stereocenters. The molecule has 0 amide bonds. The quantitative estimate of drug-likeness (QED) is 0.433. The normalized spacial score (nSPS) is 12.3. The molecule has 4 rings (SSSR count). The number of benzene rings is 2. The van der Waals surface area contributed by atoms with Crippen molar-refractivity contribution in [3.63, 3.8) is 0 Å². The summed E-state index contributed by atoms with van der Waals surface area (Å²) in [5.41, 5.74) is 0.111. The molecule has 0 radical (unpaired) electrons. The van der Waals surface area contributed by atoms with E-state index >= 15 is 0 Å². The first-order chi connectivity index (χ1) is 14.9. The maximum atomic E-state index is 14.6. The average Bonchev–Trinajstić information content (AvgIpc) is 3.36. The fourth-order valence-electron chi connectivity index (χ4n) is 3.21. The van der Waals surface area contributed by atoms with Gasteiger partial charge in [-0.1, -0.05) is 18.2 Å². The third kappa shape index (κ3) is 4.23. The number of sulfone groups is 1. The molecule has 0 saturated carbocycles. The van der Waals surface area contributed by atoms with Crippen molar-refractivity contribution in [3.05, 3.63) is 78.0 Å². The van der Waals surface area contributed by atoms with E-state index < -0.39 is 27.1 Å². The van der Waals surface area contributed by atoms with Crippen molar-refractivity contribution < 1.29 is 22.3 Å². The zero-order chi connectivity index (χ0) is 23.3. The maximum absolute atomic E-state index is 14.6. The van der Waals surface area contributed by atoms with Crippen molar-refractivity contribution in [2.75, 3.05) is 6.26 Å². The minimum absolute atomic E-state index is 0.0791. The van der Waals surface area contributed by atoms with Gasteiger partial charge in [0, 0.05) is 11.1 Å². The standard InChI is InChI=1S/C23H20F2N2O3S2/c1-23(2,28)21-13-18(27(26-21)17-9-5-8-16(24)22(17)25)20-11-10-19(31-20)14-6-4-7-15(12-14)32(3,29)30/h4-13,28H,1-3H3. The van der Waals surface area contributed by atoms with Crippen LogP contribution in [0.3, 0.4) is 0 Å². The molecule has 32 heavy (non-hydrogen) atoms. The molecule has 2 aromatic carbocycles. The Bertz CT molecular complexity index is 1420. The van der Waals surface area contributed by atoms with Crippen LogP contribution in [0.25, 0.3) is 26.7 Å². The van der Waals surface area contributed by atoms with E-state index in [0.717, 1.165) is 22.8 Å². The van der Waals surface area contributed by atoms with Crippen LogP contribution in [0, 0.1) is 11.6 Å². The van der Waals surface area contributed by atoms with Gasteiger partial charge in [0.25, 0.3) is 0 Å². The number of rotatable bonds is 5. The van der Waals surface area contributed by atoms with Gasteiger partial charge < -0.3 is 5.11 Å². The van der Waals surface area contributed by atoms with Gasteiger partial charge in [-0.15, -0.1) is 11.3 Å². The lowest BCUT2D eigenvalue weighted by molar-refractivity contribution is 0.0734. The molecule has 0 aliphatic carbocycles. The molecule has 4 aromatic rings. The predicted molar refractivity (Wildman–Crippen MR) is 121 cm³/mol. The fourth-order valence-corrected chi connectivity index (χ4v) is 4.88. The molecule has 2 heterocycles. The number of thiophene rings is 1. The van der Waals surface area contributed by atoms with E-state index in [1.54, 1.807) is 44.2 Å². The summed E-state index contributed by atoms with van der Waals surface area (Å²) in [7, 11) is -3.36. The molecule has 0 fully saturated rings. The van der Waals surface area contributed by atoms with Crippen molar-refractivity contribution in [2.24, 2.45) is 0 Å². The molecule has 0 bridgehead atoms. The average molecular weight is 475 g/mol. The van der Waals surface area contributed by atoms with Gasteiger partial charge in [-0.05, 0) is 61.9 Å². The number of aromatic nitrogens is 2. The molecule has 0 saturated heterocycles. The Morgan fingerprint density at radius 2 is 1.69 bits per heavy atom. The van der Waals surface area contributed by atoms with Crippen molar-refractivity contribution in [2.45, 2.75) is 24.3 Å². The second kappa shape index (κ2) is 7.91. The summed E-state index contributed by atoms with van der Waals surface area (Å²) < 4.78 is 53.5. The Labute approximate surface area is 188 Å². The van der Waals surface area contributed by atoms with Crippen LogP contribution in [0.4, 0.5) is 8.78 Å². The highest BCUT2D eigenvalue weighted by molar-refractivity contribution is 7.90. The number of halogens is 2. The van der Waals surface area contributed by atoms with E-state index in [-0.39, 0.29) is 10.6 Å². The molecular formula is C23H20F2N2O3S2. The Morgan fingerprint density at radius 3 is 2.38 bits per heavy atom. The van der Waals surface area contributed by atoms with Gasteiger partial charge in [0.05, 0.1) is 21.2 Å². The van der Waals surface area contributed by atoms with Gasteiger partial charge in [0.1, 0.15) is 11.3 Å². The van der Waals surface area contributed by atoms with Gasteiger partial charge in [-0.2, -0.15) is 5.10 Å². The third-order valence-corrected chi connectivity index (χ3v) is 7.17. The second-order valence-corrected chi connectivity index (χ2v) is 11.0. The molecule has 9 heteroatoms. The minimum Gasteiger partial charge on any atom is -0.384 e. The molecule has 0 aliphatic rings. The lowest BCUT2D eigenvalue weighted by Gasteiger charge is -2.13. The first-order valence-corrected chi connectivity index (χ1v) is 12.3. The summed E-state index contributed by atoms with van der Waals surface area (Å²) in [6.45, 7) is 3.11. The Balaban J connectivity index is 1.86.